The van der Waals surface area contributed by atoms with Gasteiger partial charge in [0.05, 0.1) is 11.5 Å². The second kappa shape index (κ2) is 4.30. The van der Waals surface area contributed by atoms with Crippen LogP contribution in [0.4, 0.5) is 0 Å². The second-order valence-corrected chi connectivity index (χ2v) is 6.24. The van der Waals surface area contributed by atoms with Crippen LogP contribution < -0.4 is 5.32 Å². The summed E-state index contributed by atoms with van der Waals surface area (Å²) in [4.78, 5) is 11.2. The van der Waals surface area contributed by atoms with E-state index in [1.165, 1.54) is 0 Å². The average Bonchev–Trinajstić information content (AvgIpc) is 2.96. The van der Waals surface area contributed by atoms with Gasteiger partial charge in [-0.1, -0.05) is 0 Å². The largest absolute Gasteiger partial charge is 0.481 e. The van der Waals surface area contributed by atoms with Crippen molar-refractivity contribution in [2.45, 2.75) is 52.5 Å². The molecule has 0 saturated heterocycles. The Balaban J connectivity index is 2.62. The fourth-order valence-corrected chi connectivity index (χ4v) is 1.66. The van der Waals surface area contributed by atoms with Crippen LogP contribution in [0.1, 0.15) is 47.0 Å². The molecule has 1 aliphatic carbocycles. The van der Waals surface area contributed by atoms with Gasteiger partial charge in [-0.15, -0.1) is 0 Å². The molecule has 0 bridgehead atoms. The highest BCUT2D eigenvalue weighted by molar-refractivity contribution is 5.75. The Morgan fingerprint density at radius 3 is 2.29 bits per heavy atom. The van der Waals surface area contributed by atoms with E-state index in [-0.39, 0.29) is 5.41 Å². The number of nitrogens with zero attached hydrogens (tertiary/aromatic N) is 1. The molecule has 1 saturated carbocycles. The van der Waals surface area contributed by atoms with Gasteiger partial charge in [-0.2, -0.15) is 5.26 Å². The van der Waals surface area contributed by atoms with E-state index >= 15 is 0 Å². The highest BCUT2D eigenvalue weighted by Crippen LogP contribution is 2.48. The predicted octanol–water partition coefficient (Wildman–Crippen LogP) is 2.16. The van der Waals surface area contributed by atoms with Gasteiger partial charge < -0.3 is 10.4 Å². The van der Waals surface area contributed by atoms with Crippen molar-refractivity contribution in [1.29, 1.82) is 5.26 Å². The summed E-state index contributed by atoms with van der Waals surface area (Å²) in [6.45, 7) is 8.00. The first-order valence-electron chi connectivity index (χ1n) is 6.02. The number of nitriles is 1. The number of aliphatic carboxylic acids is 1. The summed E-state index contributed by atoms with van der Waals surface area (Å²) in [5.41, 5.74) is -1.24. The van der Waals surface area contributed by atoms with Crippen molar-refractivity contribution < 1.29 is 9.90 Å². The molecule has 0 amide bonds. The Morgan fingerprint density at radius 2 is 1.94 bits per heavy atom. The quantitative estimate of drug-likeness (QED) is 0.743. The molecule has 0 aromatic rings. The minimum Gasteiger partial charge on any atom is -0.481 e. The maximum Gasteiger partial charge on any atom is 0.310 e. The predicted molar refractivity (Wildman–Crippen MR) is 65.4 cm³/mol. The van der Waals surface area contributed by atoms with Crippen LogP contribution in [0.25, 0.3) is 0 Å². The molecule has 0 aromatic carbocycles. The zero-order valence-corrected chi connectivity index (χ0v) is 11.1. The van der Waals surface area contributed by atoms with Crippen molar-refractivity contribution in [3.63, 3.8) is 0 Å². The molecular weight excluding hydrogens is 216 g/mol. The van der Waals surface area contributed by atoms with Crippen molar-refractivity contribution in [1.82, 2.24) is 5.32 Å². The number of carboxylic acids is 1. The summed E-state index contributed by atoms with van der Waals surface area (Å²) < 4.78 is 0. The summed E-state index contributed by atoms with van der Waals surface area (Å²) in [7, 11) is 0. The van der Waals surface area contributed by atoms with Crippen LogP contribution in [0.2, 0.25) is 0 Å². The number of carbonyl (C=O) groups is 1. The van der Waals surface area contributed by atoms with E-state index in [1.54, 1.807) is 13.8 Å². The van der Waals surface area contributed by atoms with Gasteiger partial charge in [0, 0.05) is 18.5 Å². The highest BCUT2D eigenvalue weighted by atomic mass is 16.4. The van der Waals surface area contributed by atoms with Gasteiger partial charge in [-0.05, 0) is 46.0 Å². The Labute approximate surface area is 103 Å². The van der Waals surface area contributed by atoms with Gasteiger partial charge in [0.2, 0.25) is 0 Å². The molecule has 1 fully saturated rings. The monoisotopic (exact) mass is 238 g/mol. The smallest absolute Gasteiger partial charge is 0.310 e. The Kier molecular flexibility index (Phi) is 3.54. The molecular formula is C13H22N2O2. The van der Waals surface area contributed by atoms with Crippen molar-refractivity contribution in [2.75, 3.05) is 6.54 Å². The normalized spacial score (nSPS) is 18.5. The Morgan fingerprint density at radius 1 is 1.41 bits per heavy atom. The Hall–Kier alpha value is -1.08. The van der Waals surface area contributed by atoms with E-state index < -0.39 is 16.9 Å². The maximum atomic E-state index is 11.2. The van der Waals surface area contributed by atoms with E-state index in [4.69, 9.17) is 5.26 Å². The molecule has 0 spiro atoms. The van der Waals surface area contributed by atoms with Gasteiger partial charge in [-0.25, -0.2) is 0 Å². The van der Waals surface area contributed by atoms with E-state index in [1.807, 2.05) is 13.8 Å². The van der Waals surface area contributed by atoms with Crippen LogP contribution in [0.3, 0.4) is 0 Å². The van der Waals surface area contributed by atoms with Crippen LogP contribution in [0.15, 0.2) is 0 Å². The van der Waals surface area contributed by atoms with Crippen LogP contribution in [0.5, 0.6) is 0 Å². The standard InChI is InChI=1S/C13H22N2O2/c1-11(2,10(16)17)12(3,4)15-9-13(5-6-13)7-8-14/h15H,5-7,9H2,1-4H3,(H,16,17). The minimum absolute atomic E-state index is 0.0978. The molecule has 17 heavy (non-hydrogen) atoms. The van der Waals surface area contributed by atoms with Crippen molar-refractivity contribution in [2.24, 2.45) is 10.8 Å². The van der Waals surface area contributed by atoms with E-state index in [0.29, 0.717) is 6.42 Å². The molecule has 4 nitrogen and oxygen atoms in total. The summed E-state index contributed by atoms with van der Waals surface area (Å²) in [6.07, 6.45) is 2.69. The fourth-order valence-electron chi connectivity index (χ4n) is 1.66. The summed E-state index contributed by atoms with van der Waals surface area (Å²) >= 11 is 0. The van der Waals surface area contributed by atoms with Crippen LogP contribution in [-0.4, -0.2) is 23.2 Å². The molecule has 2 N–H and O–H groups in total. The third kappa shape index (κ3) is 2.78. The van der Waals surface area contributed by atoms with Gasteiger partial charge in [-0.3, -0.25) is 4.79 Å². The third-order valence-corrected chi connectivity index (χ3v) is 4.41. The number of carboxylic acid groups (broad SMARTS) is 1. The summed E-state index contributed by atoms with van der Waals surface area (Å²) in [5.74, 6) is -0.805. The molecule has 0 unspecified atom stereocenters. The molecule has 0 aromatic heterocycles. The van der Waals surface area contributed by atoms with Crippen LogP contribution in [0, 0.1) is 22.2 Å². The van der Waals surface area contributed by atoms with Gasteiger partial charge in [0.25, 0.3) is 0 Å². The lowest BCUT2D eigenvalue weighted by molar-refractivity contribution is -0.151. The maximum absolute atomic E-state index is 11.2. The first-order valence-corrected chi connectivity index (χ1v) is 6.02. The molecule has 1 aliphatic rings. The first kappa shape index (κ1) is 14.0. The summed E-state index contributed by atoms with van der Waals surface area (Å²) in [6, 6.07) is 2.21. The minimum atomic E-state index is -0.838. The van der Waals surface area contributed by atoms with Crippen molar-refractivity contribution in [3.8, 4) is 6.07 Å². The zero-order chi connectivity index (χ0) is 13.3. The first-order chi connectivity index (χ1) is 7.67. The lowest BCUT2D eigenvalue weighted by Crippen LogP contribution is -2.56. The molecule has 0 heterocycles. The SMILES string of the molecule is CC(C)(NCC1(CC#N)CC1)C(C)(C)C(=O)O. The van der Waals surface area contributed by atoms with Gasteiger partial charge >= 0.3 is 5.97 Å². The lowest BCUT2D eigenvalue weighted by Gasteiger charge is -2.40. The fraction of sp³-hybridized carbons (Fsp3) is 0.846. The second-order valence-electron chi connectivity index (χ2n) is 6.24. The van der Waals surface area contributed by atoms with E-state index in [0.717, 1.165) is 19.4 Å². The summed E-state index contributed by atoms with van der Waals surface area (Å²) in [5, 5.41) is 21.3. The van der Waals surface area contributed by atoms with Crippen molar-refractivity contribution in [3.05, 3.63) is 0 Å². The lowest BCUT2D eigenvalue weighted by atomic mass is 9.74. The van der Waals surface area contributed by atoms with E-state index in [9.17, 15) is 9.90 Å². The van der Waals surface area contributed by atoms with Gasteiger partial charge in [0.15, 0.2) is 0 Å². The Bertz CT molecular complexity index is 349. The third-order valence-electron chi connectivity index (χ3n) is 4.41. The number of hydrogen-bond donors (Lipinski definition) is 2. The van der Waals surface area contributed by atoms with Gasteiger partial charge in [0.1, 0.15) is 0 Å². The van der Waals surface area contributed by atoms with Crippen LogP contribution >= 0.6 is 0 Å². The molecule has 4 heteroatoms. The molecule has 0 atom stereocenters. The number of nitrogens with one attached hydrogen (secondary N) is 1. The van der Waals surface area contributed by atoms with Crippen LogP contribution in [-0.2, 0) is 4.79 Å². The highest BCUT2D eigenvalue weighted by Gasteiger charge is 2.47. The number of rotatable bonds is 6. The molecule has 0 aliphatic heterocycles. The van der Waals surface area contributed by atoms with E-state index in [2.05, 4.69) is 11.4 Å². The molecule has 1 rings (SSSR count). The topological polar surface area (TPSA) is 73.1 Å². The number of hydrogen-bond acceptors (Lipinski definition) is 3. The zero-order valence-electron chi connectivity index (χ0n) is 11.1. The van der Waals surface area contributed by atoms with Crippen molar-refractivity contribution >= 4 is 5.97 Å². The molecule has 0 radical (unpaired) electrons. The molecule has 96 valence electrons. The average molecular weight is 238 g/mol.